The summed E-state index contributed by atoms with van der Waals surface area (Å²) in [6.07, 6.45) is 1.29. The number of carbonyl (C=O) groups is 1. The molecule has 2 aromatic rings. The molecular formula is C17H14FNO5. The molecule has 0 aliphatic heterocycles. The Kier molecular flexibility index (Phi) is 5.26. The van der Waals surface area contributed by atoms with E-state index in [4.69, 9.17) is 9.84 Å². The summed E-state index contributed by atoms with van der Waals surface area (Å²) in [7, 11) is 0. The van der Waals surface area contributed by atoms with E-state index in [1.807, 2.05) is 0 Å². The molecule has 0 aliphatic rings. The lowest BCUT2D eigenvalue weighted by Gasteiger charge is -2.10. The third kappa shape index (κ3) is 4.39. The molecule has 6 nitrogen and oxygen atoms in total. The van der Waals surface area contributed by atoms with Crippen molar-refractivity contribution >= 4 is 17.7 Å². The smallest absolute Gasteiger partial charge is 0.331 e. The number of aliphatic carboxylic acids is 1. The molecule has 0 spiro atoms. The van der Waals surface area contributed by atoms with E-state index in [0.717, 1.165) is 0 Å². The predicted octanol–water partition coefficient (Wildman–Crippen LogP) is 3.80. The lowest BCUT2D eigenvalue weighted by atomic mass is 10.1. The Bertz CT molecular complexity index is 816. The second-order valence-corrected chi connectivity index (χ2v) is 5.03. The van der Waals surface area contributed by atoms with Gasteiger partial charge in [0.2, 0.25) is 0 Å². The molecular weight excluding hydrogens is 317 g/mol. The molecule has 0 aromatic heterocycles. The largest absolute Gasteiger partial charge is 0.488 e. The van der Waals surface area contributed by atoms with E-state index in [-0.39, 0.29) is 29.2 Å². The highest BCUT2D eigenvalue weighted by atomic mass is 19.1. The Hall–Kier alpha value is -3.22. The van der Waals surface area contributed by atoms with Crippen molar-refractivity contribution < 1.29 is 24.0 Å². The quantitative estimate of drug-likeness (QED) is 0.494. The van der Waals surface area contributed by atoms with Gasteiger partial charge in [0, 0.05) is 23.3 Å². The third-order valence-electron chi connectivity index (χ3n) is 3.20. The zero-order valence-corrected chi connectivity index (χ0v) is 12.7. The number of ether oxygens (including phenoxy) is 1. The summed E-state index contributed by atoms with van der Waals surface area (Å²) in [6.45, 7) is 1.42. The molecule has 0 saturated heterocycles. The van der Waals surface area contributed by atoms with Gasteiger partial charge in [0.15, 0.2) is 0 Å². The Morgan fingerprint density at radius 2 is 2.08 bits per heavy atom. The maximum absolute atomic E-state index is 13.2. The molecule has 0 radical (unpaired) electrons. The number of carboxylic acid groups (broad SMARTS) is 1. The summed E-state index contributed by atoms with van der Waals surface area (Å²) in [5.74, 6) is -1.27. The van der Waals surface area contributed by atoms with Crippen LogP contribution in [0.2, 0.25) is 0 Å². The van der Waals surface area contributed by atoms with Crippen LogP contribution in [0.3, 0.4) is 0 Å². The van der Waals surface area contributed by atoms with Crippen LogP contribution in [-0.2, 0) is 11.4 Å². The number of hydrogen-bond acceptors (Lipinski definition) is 4. The minimum atomic E-state index is -1.14. The standard InChI is InChI=1S/C17H14FNO5/c1-11(17(20)21)7-13-9-15(19(22)23)5-6-16(13)24-10-12-3-2-4-14(18)8-12/h2-9H,10H2,1H3,(H,20,21)/b11-7+. The van der Waals surface area contributed by atoms with Gasteiger partial charge in [-0.2, -0.15) is 0 Å². The molecule has 24 heavy (non-hydrogen) atoms. The van der Waals surface area contributed by atoms with Crippen molar-refractivity contribution in [2.24, 2.45) is 0 Å². The first-order chi connectivity index (χ1) is 11.4. The average molecular weight is 331 g/mol. The van der Waals surface area contributed by atoms with Gasteiger partial charge in [-0.3, -0.25) is 10.1 Å². The van der Waals surface area contributed by atoms with Gasteiger partial charge >= 0.3 is 5.97 Å². The van der Waals surface area contributed by atoms with Crippen molar-refractivity contribution in [3.63, 3.8) is 0 Å². The number of nitrogens with zero attached hydrogens (tertiary/aromatic N) is 1. The Morgan fingerprint density at radius 3 is 2.71 bits per heavy atom. The average Bonchev–Trinajstić information content (AvgIpc) is 2.53. The maximum Gasteiger partial charge on any atom is 0.331 e. The molecule has 0 amide bonds. The van der Waals surface area contributed by atoms with E-state index >= 15 is 0 Å². The Morgan fingerprint density at radius 1 is 1.33 bits per heavy atom. The van der Waals surface area contributed by atoms with Crippen molar-refractivity contribution in [1.82, 2.24) is 0 Å². The molecule has 0 bridgehead atoms. The summed E-state index contributed by atoms with van der Waals surface area (Å²) < 4.78 is 18.7. The molecule has 124 valence electrons. The maximum atomic E-state index is 13.2. The number of non-ortho nitro benzene ring substituents is 1. The van der Waals surface area contributed by atoms with Crippen LogP contribution in [0.4, 0.5) is 10.1 Å². The molecule has 2 aromatic carbocycles. The van der Waals surface area contributed by atoms with Gasteiger partial charge < -0.3 is 9.84 Å². The monoisotopic (exact) mass is 331 g/mol. The first kappa shape index (κ1) is 17.1. The summed E-state index contributed by atoms with van der Waals surface area (Å²) in [5.41, 5.74) is 0.669. The van der Waals surface area contributed by atoms with Crippen LogP contribution in [0.1, 0.15) is 18.1 Å². The molecule has 1 N–H and O–H groups in total. The number of halogens is 1. The van der Waals surface area contributed by atoms with E-state index in [9.17, 15) is 19.3 Å². The molecule has 0 atom stereocenters. The number of rotatable bonds is 6. The number of nitro benzene ring substituents is 1. The SMILES string of the molecule is C/C(=C\c1cc([N+](=O)[O-])ccc1OCc1cccc(F)c1)C(=O)O. The van der Waals surface area contributed by atoms with Crippen LogP contribution in [0.15, 0.2) is 48.0 Å². The van der Waals surface area contributed by atoms with Crippen LogP contribution in [-0.4, -0.2) is 16.0 Å². The summed E-state index contributed by atoms with van der Waals surface area (Å²) >= 11 is 0. The highest BCUT2D eigenvalue weighted by molar-refractivity contribution is 5.92. The van der Waals surface area contributed by atoms with Gasteiger partial charge in [-0.25, -0.2) is 9.18 Å². The number of carboxylic acids is 1. The zero-order valence-electron chi connectivity index (χ0n) is 12.7. The highest BCUT2D eigenvalue weighted by Gasteiger charge is 2.12. The fourth-order valence-corrected chi connectivity index (χ4v) is 1.98. The third-order valence-corrected chi connectivity index (χ3v) is 3.20. The lowest BCUT2D eigenvalue weighted by Crippen LogP contribution is -2.00. The normalized spacial score (nSPS) is 11.2. The van der Waals surface area contributed by atoms with Crippen molar-refractivity contribution in [2.45, 2.75) is 13.5 Å². The van der Waals surface area contributed by atoms with Gasteiger partial charge in [0.1, 0.15) is 18.2 Å². The first-order valence-corrected chi connectivity index (χ1v) is 6.94. The van der Waals surface area contributed by atoms with Gasteiger partial charge in [-0.05, 0) is 36.8 Å². The Balaban J connectivity index is 2.32. The molecule has 0 fully saturated rings. The van der Waals surface area contributed by atoms with E-state index in [1.165, 1.54) is 43.3 Å². The number of benzene rings is 2. The Labute approximate surface area is 137 Å². The minimum absolute atomic E-state index is 0.00565. The molecule has 0 aliphatic carbocycles. The number of hydrogen-bond donors (Lipinski definition) is 1. The van der Waals surface area contributed by atoms with Crippen LogP contribution in [0.5, 0.6) is 5.75 Å². The molecule has 0 heterocycles. The van der Waals surface area contributed by atoms with Crippen molar-refractivity contribution in [3.8, 4) is 5.75 Å². The minimum Gasteiger partial charge on any atom is -0.488 e. The summed E-state index contributed by atoms with van der Waals surface area (Å²) in [5, 5.41) is 19.9. The van der Waals surface area contributed by atoms with Crippen LogP contribution in [0, 0.1) is 15.9 Å². The van der Waals surface area contributed by atoms with Gasteiger partial charge in [-0.15, -0.1) is 0 Å². The topological polar surface area (TPSA) is 89.7 Å². The van der Waals surface area contributed by atoms with E-state index in [2.05, 4.69) is 0 Å². The van der Waals surface area contributed by atoms with Crippen molar-refractivity contribution in [2.75, 3.05) is 0 Å². The first-order valence-electron chi connectivity index (χ1n) is 6.94. The van der Waals surface area contributed by atoms with Gasteiger partial charge in [0.25, 0.3) is 5.69 Å². The number of nitro groups is 1. The van der Waals surface area contributed by atoms with E-state index < -0.39 is 16.7 Å². The molecule has 0 unspecified atom stereocenters. The van der Waals surface area contributed by atoms with Crippen molar-refractivity contribution in [3.05, 3.63) is 75.1 Å². The van der Waals surface area contributed by atoms with Crippen LogP contribution in [0.25, 0.3) is 6.08 Å². The molecule has 7 heteroatoms. The summed E-state index contributed by atoms with van der Waals surface area (Å²) in [4.78, 5) is 21.3. The van der Waals surface area contributed by atoms with Crippen LogP contribution < -0.4 is 4.74 Å². The lowest BCUT2D eigenvalue weighted by molar-refractivity contribution is -0.384. The summed E-state index contributed by atoms with van der Waals surface area (Å²) in [6, 6.07) is 9.70. The fraction of sp³-hybridized carbons (Fsp3) is 0.118. The van der Waals surface area contributed by atoms with Crippen LogP contribution >= 0.6 is 0 Å². The van der Waals surface area contributed by atoms with E-state index in [1.54, 1.807) is 12.1 Å². The molecule has 0 saturated carbocycles. The van der Waals surface area contributed by atoms with E-state index in [0.29, 0.717) is 5.56 Å². The van der Waals surface area contributed by atoms with Gasteiger partial charge in [0.05, 0.1) is 4.92 Å². The zero-order chi connectivity index (χ0) is 17.7. The van der Waals surface area contributed by atoms with Crippen molar-refractivity contribution in [1.29, 1.82) is 0 Å². The van der Waals surface area contributed by atoms with Gasteiger partial charge in [-0.1, -0.05) is 12.1 Å². The second-order valence-electron chi connectivity index (χ2n) is 5.03. The fourth-order valence-electron chi connectivity index (χ4n) is 1.98. The highest BCUT2D eigenvalue weighted by Crippen LogP contribution is 2.27. The molecule has 2 rings (SSSR count). The second kappa shape index (κ2) is 7.36. The predicted molar refractivity (Wildman–Crippen MR) is 85.1 cm³/mol.